The van der Waals surface area contributed by atoms with Crippen LogP contribution in [0.1, 0.15) is 19.8 Å². The Morgan fingerprint density at radius 2 is 2.17 bits per heavy atom. The van der Waals surface area contributed by atoms with Gasteiger partial charge in [0, 0.05) is 0 Å². The Kier molecular flexibility index (Phi) is 14.0. The van der Waals surface area contributed by atoms with E-state index in [1.165, 1.54) is 0 Å². The van der Waals surface area contributed by atoms with Crippen LogP contribution >= 0.6 is 0 Å². The summed E-state index contributed by atoms with van der Waals surface area (Å²) in [6.45, 7) is 2.03. The van der Waals surface area contributed by atoms with E-state index in [9.17, 15) is 0 Å². The molecule has 0 nitrogen and oxygen atoms in total. The first-order valence-electron chi connectivity index (χ1n) is 1.81. The van der Waals surface area contributed by atoms with Gasteiger partial charge in [-0.25, -0.2) is 0 Å². The fourth-order valence-corrected chi connectivity index (χ4v) is 0.125. The van der Waals surface area contributed by atoms with Crippen LogP contribution in [0.2, 0.25) is 0 Å². The van der Waals surface area contributed by atoms with Crippen molar-refractivity contribution in [3.8, 4) is 5.92 Å². The van der Waals surface area contributed by atoms with Crippen molar-refractivity contribution in [3.63, 3.8) is 0 Å². The van der Waals surface area contributed by atoms with Crippen molar-refractivity contribution in [3.05, 3.63) is 6.42 Å². The van der Waals surface area contributed by atoms with Crippen molar-refractivity contribution >= 4 is 0 Å². The third-order valence-corrected chi connectivity index (χ3v) is 0.375. The molecule has 1 heteroatoms. The van der Waals surface area contributed by atoms with E-state index in [0.717, 1.165) is 12.8 Å². The number of rotatable bonds is 1. The molecule has 0 heterocycles. The molecule has 0 rings (SSSR count). The van der Waals surface area contributed by atoms with Gasteiger partial charge < -0.3 is 12.3 Å². The molecule has 0 atom stereocenters. The first-order chi connectivity index (χ1) is 2.41. The molecule has 0 aliphatic carbocycles. The van der Waals surface area contributed by atoms with Crippen molar-refractivity contribution in [2.75, 3.05) is 0 Å². The van der Waals surface area contributed by atoms with Crippen molar-refractivity contribution < 1.29 is 17.1 Å². The van der Waals surface area contributed by atoms with E-state index in [0.29, 0.717) is 0 Å². The van der Waals surface area contributed by atoms with Gasteiger partial charge in [-0.2, -0.15) is 0 Å². The summed E-state index contributed by atoms with van der Waals surface area (Å²) in [6, 6.07) is 0. The van der Waals surface area contributed by atoms with E-state index >= 15 is 0 Å². The minimum atomic E-state index is 0. The number of unbranched alkanes of at least 4 members (excludes halogenated alkanes) is 1. The Labute approximate surface area is 49.8 Å². The maximum atomic E-state index is 6.35. The second-order valence-corrected chi connectivity index (χ2v) is 0.927. The smallest absolute Gasteiger partial charge is 0.694 e. The van der Waals surface area contributed by atoms with Gasteiger partial charge in [0.15, 0.2) is 0 Å². The third kappa shape index (κ3) is 8.95. The summed E-state index contributed by atoms with van der Waals surface area (Å²) in [6.07, 6.45) is 8.20. The van der Waals surface area contributed by atoms with Crippen LogP contribution in [0.4, 0.5) is 0 Å². The van der Waals surface area contributed by atoms with Gasteiger partial charge in [-0.3, -0.25) is 0 Å². The van der Waals surface area contributed by atoms with Gasteiger partial charge in [0.1, 0.15) is 0 Å². The normalized spacial score (nSPS) is 5.33. The molecule has 38 valence electrons. The van der Waals surface area contributed by atoms with E-state index in [1.807, 2.05) is 6.92 Å². The maximum Gasteiger partial charge on any atom is 1.00 e. The van der Waals surface area contributed by atoms with Gasteiger partial charge in [-0.15, -0.1) is 0 Å². The maximum absolute atomic E-state index is 6.35. The summed E-state index contributed by atoms with van der Waals surface area (Å²) >= 11 is 0. The number of hydrogen-bond acceptors (Lipinski definition) is 0. The molecular formula is C5H7Cu. The second-order valence-electron chi connectivity index (χ2n) is 0.927. The van der Waals surface area contributed by atoms with E-state index in [4.69, 9.17) is 6.42 Å². The largest absolute Gasteiger partial charge is 1.00 e. The van der Waals surface area contributed by atoms with Crippen LogP contribution in [0, 0.1) is 12.3 Å². The average molecular weight is 131 g/mol. The Morgan fingerprint density at radius 1 is 1.67 bits per heavy atom. The summed E-state index contributed by atoms with van der Waals surface area (Å²) in [7, 11) is 0. The summed E-state index contributed by atoms with van der Waals surface area (Å²) < 4.78 is 0. The second kappa shape index (κ2) is 8.91. The number of hydrogen-bond donors (Lipinski definition) is 0. The van der Waals surface area contributed by atoms with Gasteiger partial charge in [-0.1, -0.05) is 6.92 Å². The molecule has 0 bridgehead atoms. The molecule has 0 amide bonds. The van der Waals surface area contributed by atoms with Gasteiger partial charge >= 0.3 is 17.1 Å². The summed E-state index contributed by atoms with van der Waals surface area (Å²) in [5.74, 6) is 2.27. The summed E-state index contributed by atoms with van der Waals surface area (Å²) in [5, 5.41) is 0. The molecule has 0 aromatic carbocycles. The van der Waals surface area contributed by atoms with Crippen LogP contribution in [0.3, 0.4) is 0 Å². The van der Waals surface area contributed by atoms with Gasteiger partial charge in [0.2, 0.25) is 0 Å². The topological polar surface area (TPSA) is 0 Å². The molecule has 0 saturated heterocycles. The Balaban J connectivity index is 0. The van der Waals surface area contributed by atoms with Crippen LogP contribution in [0.5, 0.6) is 0 Å². The van der Waals surface area contributed by atoms with Crippen LogP contribution < -0.4 is 0 Å². The zero-order valence-electron chi connectivity index (χ0n) is 3.72. The van der Waals surface area contributed by atoms with E-state index in [-0.39, 0.29) is 17.1 Å². The Hall–Kier alpha value is 0.0795. The van der Waals surface area contributed by atoms with E-state index in [1.54, 1.807) is 0 Å². The first kappa shape index (κ1) is 9.43. The van der Waals surface area contributed by atoms with Crippen LogP contribution in [-0.4, -0.2) is 0 Å². The van der Waals surface area contributed by atoms with Gasteiger partial charge in [0.25, 0.3) is 0 Å². The predicted octanol–water partition coefficient (Wildman–Crippen LogP) is 1.37. The van der Waals surface area contributed by atoms with E-state index < -0.39 is 0 Å². The quantitative estimate of drug-likeness (QED) is 0.286. The average Bonchev–Trinajstić information content (AvgIpc) is 1.41. The first-order valence-corrected chi connectivity index (χ1v) is 1.81. The molecule has 0 aromatic rings. The van der Waals surface area contributed by atoms with Crippen molar-refractivity contribution in [2.45, 2.75) is 19.8 Å². The predicted molar refractivity (Wildman–Crippen MR) is 22.0 cm³/mol. The molecule has 0 N–H and O–H groups in total. The standard InChI is InChI=1S/C5H7.Cu/c1-3-5-4-2;/h3,5H2,1H3;/q-1;+1. The molecule has 0 fully saturated rings. The summed E-state index contributed by atoms with van der Waals surface area (Å²) in [4.78, 5) is 0. The summed E-state index contributed by atoms with van der Waals surface area (Å²) in [5.41, 5.74) is 0. The van der Waals surface area contributed by atoms with Gasteiger partial charge in [0.05, 0.1) is 0 Å². The molecular weight excluding hydrogens is 124 g/mol. The zero-order valence-corrected chi connectivity index (χ0v) is 4.66. The van der Waals surface area contributed by atoms with Crippen molar-refractivity contribution in [1.29, 1.82) is 0 Å². The van der Waals surface area contributed by atoms with Crippen LogP contribution in [0.15, 0.2) is 0 Å². The molecule has 0 unspecified atom stereocenters. The minimum absolute atomic E-state index is 0. The molecule has 0 spiro atoms. The van der Waals surface area contributed by atoms with Crippen LogP contribution in [-0.2, 0) is 17.1 Å². The van der Waals surface area contributed by atoms with Gasteiger partial charge in [-0.05, 0) is 12.8 Å². The zero-order chi connectivity index (χ0) is 4.12. The molecule has 0 saturated carbocycles. The van der Waals surface area contributed by atoms with E-state index in [2.05, 4.69) is 5.92 Å². The molecule has 6 heavy (non-hydrogen) atoms. The molecule has 0 aliphatic heterocycles. The molecule has 0 aromatic heterocycles. The third-order valence-electron chi connectivity index (χ3n) is 0.375. The Bertz CT molecular complexity index is 42.4. The fraction of sp³-hybridized carbons (Fsp3) is 0.600. The minimum Gasteiger partial charge on any atom is -0.694 e. The van der Waals surface area contributed by atoms with Crippen molar-refractivity contribution in [2.24, 2.45) is 0 Å². The monoisotopic (exact) mass is 130 g/mol. The SMILES string of the molecule is [C-]#CCCC.[Cu+]. The Morgan fingerprint density at radius 3 is 2.17 bits per heavy atom. The van der Waals surface area contributed by atoms with Crippen LogP contribution in [0.25, 0.3) is 0 Å². The van der Waals surface area contributed by atoms with Crippen molar-refractivity contribution in [1.82, 2.24) is 0 Å². The molecule has 0 aliphatic rings. The fourth-order valence-electron chi connectivity index (χ4n) is 0.125. The molecule has 0 radical (unpaired) electrons.